The monoisotopic (exact) mass is 331 g/mol. The predicted molar refractivity (Wildman–Crippen MR) is 94.9 cm³/mol. The number of rotatable bonds is 5. The van der Waals surface area contributed by atoms with Gasteiger partial charge >= 0.3 is 0 Å². The quantitative estimate of drug-likeness (QED) is 0.608. The predicted octanol–water partition coefficient (Wildman–Crippen LogP) is 3.54. The number of aromatic nitrogens is 2. The van der Waals surface area contributed by atoms with E-state index in [1.165, 1.54) is 0 Å². The van der Waals surface area contributed by atoms with Crippen LogP contribution in [0.3, 0.4) is 0 Å². The molecule has 25 heavy (non-hydrogen) atoms. The van der Waals surface area contributed by atoms with E-state index in [-0.39, 0.29) is 18.5 Å². The summed E-state index contributed by atoms with van der Waals surface area (Å²) in [6.45, 7) is 0.163. The summed E-state index contributed by atoms with van der Waals surface area (Å²) in [6.07, 6.45) is 3.42. The van der Waals surface area contributed by atoms with E-state index in [9.17, 15) is 4.79 Å². The fraction of sp³-hybridized carbons (Fsp3) is 0.100. The van der Waals surface area contributed by atoms with Crippen LogP contribution < -0.4 is 5.32 Å². The molecule has 0 aliphatic rings. The second-order valence-corrected chi connectivity index (χ2v) is 5.80. The van der Waals surface area contributed by atoms with Crippen LogP contribution >= 0.6 is 0 Å². The van der Waals surface area contributed by atoms with Crippen LogP contribution in [0.1, 0.15) is 17.4 Å². The smallest absolute Gasteiger partial charge is 0.242 e. The zero-order chi connectivity index (χ0) is 17.1. The standard InChI is InChI=1S/C20H17N3O2/c24-19(14-23-12-6-11-21-23)22-20(15-7-2-1-3-8-15)18-13-16-9-4-5-10-17(16)25-18/h1-13,20H,14H2,(H,22,24). The molecule has 2 heterocycles. The number of hydrogen-bond donors (Lipinski definition) is 1. The lowest BCUT2D eigenvalue weighted by atomic mass is 10.0. The van der Waals surface area contributed by atoms with Crippen LogP contribution in [-0.4, -0.2) is 15.7 Å². The van der Waals surface area contributed by atoms with Gasteiger partial charge in [-0.1, -0.05) is 48.5 Å². The third-order valence-corrected chi connectivity index (χ3v) is 4.03. The Morgan fingerprint density at radius 2 is 1.88 bits per heavy atom. The molecule has 1 atom stereocenters. The van der Waals surface area contributed by atoms with Gasteiger partial charge in [0.1, 0.15) is 23.9 Å². The highest BCUT2D eigenvalue weighted by Gasteiger charge is 2.21. The van der Waals surface area contributed by atoms with Crippen molar-refractivity contribution in [1.29, 1.82) is 0 Å². The van der Waals surface area contributed by atoms with Gasteiger partial charge in [-0.25, -0.2) is 0 Å². The molecule has 0 aliphatic heterocycles. The molecule has 1 N–H and O–H groups in total. The molecule has 0 spiro atoms. The van der Waals surface area contributed by atoms with Crippen molar-refractivity contribution in [3.63, 3.8) is 0 Å². The lowest BCUT2D eigenvalue weighted by Crippen LogP contribution is -2.32. The molecule has 0 radical (unpaired) electrons. The third-order valence-electron chi connectivity index (χ3n) is 4.03. The highest BCUT2D eigenvalue weighted by molar-refractivity contribution is 5.79. The molecule has 4 rings (SSSR count). The topological polar surface area (TPSA) is 60.1 Å². The summed E-state index contributed by atoms with van der Waals surface area (Å²) >= 11 is 0. The van der Waals surface area contributed by atoms with Crippen LogP contribution in [0.15, 0.2) is 83.5 Å². The van der Waals surface area contributed by atoms with Gasteiger partial charge in [0, 0.05) is 17.8 Å². The van der Waals surface area contributed by atoms with Crippen molar-refractivity contribution < 1.29 is 9.21 Å². The van der Waals surface area contributed by atoms with Crippen molar-refractivity contribution in [2.45, 2.75) is 12.6 Å². The van der Waals surface area contributed by atoms with Crippen LogP contribution in [-0.2, 0) is 11.3 Å². The molecule has 4 aromatic rings. The molecule has 0 bridgehead atoms. The van der Waals surface area contributed by atoms with E-state index in [1.807, 2.05) is 60.7 Å². The summed E-state index contributed by atoms with van der Waals surface area (Å²) in [6, 6.07) is 21.0. The number of benzene rings is 2. The molecule has 124 valence electrons. The van der Waals surface area contributed by atoms with Crippen LogP contribution in [0.5, 0.6) is 0 Å². The second kappa shape index (κ2) is 6.65. The van der Waals surface area contributed by atoms with Crippen molar-refractivity contribution >= 4 is 16.9 Å². The Kier molecular flexibility index (Phi) is 4.04. The van der Waals surface area contributed by atoms with E-state index in [1.54, 1.807) is 23.1 Å². The van der Waals surface area contributed by atoms with E-state index in [0.717, 1.165) is 16.5 Å². The van der Waals surface area contributed by atoms with Gasteiger partial charge in [0.05, 0.1) is 0 Å². The number of amides is 1. The summed E-state index contributed by atoms with van der Waals surface area (Å²) in [7, 11) is 0. The summed E-state index contributed by atoms with van der Waals surface area (Å²) in [5.41, 5.74) is 1.77. The molecule has 0 aliphatic carbocycles. The molecular formula is C20H17N3O2. The van der Waals surface area contributed by atoms with E-state index >= 15 is 0 Å². The number of nitrogens with zero attached hydrogens (tertiary/aromatic N) is 2. The van der Waals surface area contributed by atoms with Gasteiger partial charge in [-0.05, 0) is 23.8 Å². The van der Waals surface area contributed by atoms with Crippen LogP contribution in [0.2, 0.25) is 0 Å². The number of fused-ring (bicyclic) bond motifs is 1. The Labute approximate surface area is 144 Å². The van der Waals surface area contributed by atoms with Crippen molar-refractivity contribution in [2.24, 2.45) is 0 Å². The highest BCUT2D eigenvalue weighted by Crippen LogP contribution is 2.28. The number of furan rings is 1. The molecule has 2 aromatic heterocycles. The molecule has 1 unspecified atom stereocenters. The number of para-hydroxylation sites is 1. The van der Waals surface area contributed by atoms with Crippen LogP contribution in [0.25, 0.3) is 11.0 Å². The van der Waals surface area contributed by atoms with Crippen molar-refractivity contribution in [3.8, 4) is 0 Å². The van der Waals surface area contributed by atoms with E-state index in [0.29, 0.717) is 5.76 Å². The minimum Gasteiger partial charge on any atom is -0.459 e. The molecule has 0 saturated carbocycles. The van der Waals surface area contributed by atoms with Gasteiger partial charge in [0.2, 0.25) is 5.91 Å². The third kappa shape index (κ3) is 3.30. The maximum Gasteiger partial charge on any atom is 0.242 e. The molecule has 5 nitrogen and oxygen atoms in total. The van der Waals surface area contributed by atoms with Crippen molar-refractivity contribution in [1.82, 2.24) is 15.1 Å². The summed E-state index contributed by atoms with van der Waals surface area (Å²) < 4.78 is 7.58. The molecular weight excluding hydrogens is 314 g/mol. The Balaban J connectivity index is 1.65. The summed E-state index contributed by atoms with van der Waals surface area (Å²) in [5, 5.41) is 8.15. The maximum atomic E-state index is 12.5. The normalized spacial score (nSPS) is 12.2. The lowest BCUT2D eigenvalue weighted by molar-refractivity contribution is -0.122. The Morgan fingerprint density at radius 3 is 2.64 bits per heavy atom. The van der Waals surface area contributed by atoms with Gasteiger partial charge in [-0.2, -0.15) is 5.10 Å². The first-order valence-corrected chi connectivity index (χ1v) is 8.10. The van der Waals surface area contributed by atoms with E-state index in [4.69, 9.17) is 4.42 Å². The number of carbonyl (C=O) groups excluding carboxylic acids is 1. The highest BCUT2D eigenvalue weighted by atomic mass is 16.3. The maximum absolute atomic E-state index is 12.5. The molecule has 0 saturated heterocycles. The van der Waals surface area contributed by atoms with Gasteiger partial charge in [0.15, 0.2) is 0 Å². The van der Waals surface area contributed by atoms with Gasteiger partial charge in [0.25, 0.3) is 0 Å². The summed E-state index contributed by atoms with van der Waals surface area (Å²) in [4.78, 5) is 12.5. The minimum absolute atomic E-state index is 0.127. The number of nitrogens with one attached hydrogen (secondary N) is 1. The average Bonchev–Trinajstić information content (AvgIpc) is 3.29. The Hall–Kier alpha value is -3.34. The van der Waals surface area contributed by atoms with Crippen LogP contribution in [0, 0.1) is 0 Å². The minimum atomic E-state index is -0.350. The molecule has 5 heteroatoms. The van der Waals surface area contributed by atoms with Crippen molar-refractivity contribution in [3.05, 3.63) is 90.4 Å². The second-order valence-electron chi connectivity index (χ2n) is 5.80. The van der Waals surface area contributed by atoms with Gasteiger partial charge < -0.3 is 9.73 Å². The molecule has 1 amide bonds. The van der Waals surface area contributed by atoms with E-state index < -0.39 is 0 Å². The zero-order valence-electron chi connectivity index (χ0n) is 13.5. The first kappa shape index (κ1) is 15.2. The fourth-order valence-electron chi connectivity index (χ4n) is 2.86. The first-order chi connectivity index (χ1) is 12.3. The number of carbonyl (C=O) groups is 1. The summed E-state index contributed by atoms with van der Waals surface area (Å²) in [5.74, 6) is 0.583. The molecule has 0 fully saturated rings. The number of hydrogen-bond acceptors (Lipinski definition) is 3. The first-order valence-electron chi connectivity index (χ1n) is 8.10. The Morgan fingerprint density at radius 1 is 1.08 bits per heavy atom. The SMILES string of the molecule is O=C(Cn1cccn1)NC(c1ccccc1)c1cc2ccccc2o1. The fourth-order valence-corrected chi connectivity index (χ4v) is 2.86. The van der Waals surface area contributed by atoms with Crippen molar-refractivity contribution in [2.75, 3.05) is 0 Å². The van der Waals surface area contributed by atoms with Gasteiger partial charge in [-0.3, -0.25) is 9.48 Å². The zero-order valence-corrected chi connectivity index (χ0v) is 13.5. The Bertz CT molecular complexity index is 942. The molecule has 2 aromatic carbocycles. The van der Waals surface area contributed by atoms with Gasteiger partial charge in [-0.15, -0.1) is 0 Å². The lowest BCUT2D eigenvalue weighted by Gasteiger charge is -2.17. The van der Waals surface area contributed by atoms with E-state index in [2.05, 4.69) is 10.4 Å². The largest absolute Gasteiger partial charge is 0.459 e. The van der Waals surface area contributed by atoms with Crippen LogP contribution in [0.4, 0.5) is 0 Å². The average molecular weight is 331 g/mol.